The second-order valence-electron chi connectivity index (χ2n) is 9.14. The van der Waals surface area contributed by atoms with Crippen molar-refractivity contribution in [2.75, 3.05) is 31.1 Å². The van der Waals surface area contributed by atoms with Crippen LogP contribution in [0.5, 0.6) is 0 Å². The summed E-state index contributed by atoms with van der Waals surface area (Å²) >= 11 is 6.09. The molecule has 1 amide bonds. The van der Waals surface area contributed by atoms with Gasteiger partial charge in [0.25, 0.3) is 0 Å². The molecule has 36 heavy (non-hydrogen) atoms. The quantitative estimate of drug-likeness (QED) is 0.477. The van der Waals surface area contributed by atoms with Crippen molar-refractivity contribution in [1.29, 1.82) is 0 Å². The van der Waals surface area contributed by atoms with Gasteiger partial charge in [-0.05, 0) is 43.4 Å². The van der Waals surface area contributed by atoms with E-state index in [1.54, 1.807) is 17.2 Å². The molecule has 0 bridgehead atoms. The monoisotopic (exact) mass is 518 g/mol. The van der Waals surface area contributed by atoms with Crippen molar-refractivity contribution in [3.63, 3.8) is 0 Å². The average Bonchev–Trinajstić information content (AvgIpc) is 2.83. The molecule has 3 aromatic rings. The van der Waals surface area contributed by atoms with Crippen molar-refractivity contribution < 1.29 is 19.4 Å². The molecular formula is C24H28ClFN6O4. The number of anilines is 1. The number of hydrogen-bond donors (Lipinski definition) is 2. The van der Waals surface area contributed by atoms with Crippen LogP contribution < -0.4 is 10.6 Å². The molecule has 0 aliphatic carbocycles. The van der Waals surface area contributed by atoms with Crippen molar-refractivity contribution in [3.05, 3.63) is 51.0 Å². The molecule has 0 spiro atoms. The van der Waals surface area contributed by atoms with E-state index < -0.39 is 17.6 Å². The molecular weight excluding hydrogens is 491 g/mol. The van der Waals surface area contributed by atoms with E-state index in [9.17, 15) is 24.2 Å². The number of aliphatic hydroxyl groups is 1. The third-order valence-electron chi connectivity index (χ3n) is 6.34. The van der Waals surface area contributed by atoms with Gasteiger partial charge in [0, 0.05) is 38.5 Å². The predicted octanol–water partition coefficient (Wildman–Crippen LogP) is 3.21. The Labute approximate surface area is 212 Å². The first-order chi connectivity index (χ1) is 17.1. The molecule has 1 atom stereocenters. The lowest BCUT2D eigenvalue weighted by Gasteiger charge is -2.39. The summed E-state index contributed by atoms with van der Waals surface area (Å²) in [6, 6.07) is 2.67. The minimum atomic E-state index is -1.03. The molecule has 3 aromatic heterocycles. The van der Waals surface area contributed by atoms with E-state index >= 15 is 0 Å². The largest absolute Gasteiger partial charge is 0.465 e. The Morgan fingerprint density at radius 2 is 2.06 bits per heavy atom. The minimum Gasteiger partial charge on any atom is -0.465 e. The fraction of sp³-hybridized carbons (Fsp3) is 0.458. The summed E-state index contributed by atoms with van der Waals surface area (Å²) in [6.45, 7) is 6.37. The lowest BCUT2D eigenvalue weighted by molar-refractivity contribution is 0.136. The molecule has 192 valence electrons. The fourth-order valence-electron chi connectivity index (χ4n) is 4.61. The van der Waals surface area contributed by atoms with Crippen molar-refractivity contribution in [2.24, 2.45) is 0 Å². The molecule has 1 saturated heterocycles. The Bertz CT molecular complexity index is 1360. The van der Waals surface area contributed by atoms with Crippen LogP contribution in [0.1, 0.15) is 44.4 Å². The second-order valence-corrected chi connectivity index (χ2v) is 9.50. The lowest BCUT2D eigenvalue weighted by Crippen LogP contribution is -2.54. The summed E-state index contributed by atoms with van der Waals surface area (Å²) in [5, 5.41) is 18.7. The second kappa shape index (κ2) is 10.4. The first kappa shape index (κ1) is 25.8. The Morgan fingerprint density at radius 3 is 2.69 bits per heavy atom. The number of carboxylic acid groups (broad SMARTS) is 1. The SMILES string of the molecule is CC(C)c1nccc(CCCO)c1-n1c(=O)nc(N2CCN(C(=O)O)CC2C)c2cc(F)c(Cl)nc21. The highest BCUT2D eigenvalue weighted by molar-refractivity contribution is 6.30. The van der Waals surface area contributed by atoms with Crippen LogP contribution >= 0.6 is 11.6 Å². The van der Waals surface area contributed by atoms with Gasteiger partial charge in [0.15, 0.2) is 16.6 Å². The summed E-state index contributed by atoms with van der Waals surface area (Å²) < 4.78 is 16.0. The third kappa shape index (κ3) is 4.72. The maximum atomic E-state index is 14.7. The first-order valence-electron chi connectivity index (χ1n) is 11.8. The molecule has 4 rings (SSSR count). The van der Waals surface area contributed by atoms with Crippen molar-refractivity contribution in [1.82, 2.24) is 24.4 Å². The van der Waals surface area contributed by atoms with Crippen LogP contribution in [0.3, 0.4) is 0 Å². The number of carbonyl (C=O) groups is 1. The van der Waals surface area contributed by atoms with E-state index in [-0.39, 0.29) is 60.2 Å². The number of pyridine rings is 2. The standard InChI is InChI=1S/C24H28ClFN6O4/c1-13(2)18-19(15(5-4-10-33)6-7-27-18)32-22-16(11-17(26)20(25)28-22)21(29-23(32)34)31-9-8-30(24(35)36)12-14(31)3/h6-7,11,13-14,33H,4-5,8-10,12H2,1-3H3,(H,35,36). The number of nitrogens with zero attached hydrogens (tertiary/aromatic N) is 6. The van der Waals surface area contributed by atoms with Gasteiger partial charge in [-0.3, -0.25) is 4.98 Å². The Balaban J connectivity index is 1.99. The number of aryl methyl sites for hydroxylation is 1. The summed E-state index contributed by atoms with van der Waals surface area (Å²) in [7, 11) is 0. The highest BCUT2D eigenvalue weighted by Gasteiger charge is 2.31. The van der Waals surface area contributed by atoms with E-state index in [2.05, 4.69) is 15.0 Å². The van der Waals surface area contributed by atoms with Crippen LogP contribution in [-0.4, -0.2) is 73.0 Å². The molecule has 2 N–H and O–H groups in total. The summed E-state index contributed by atoms with van der Waals surface area (Å²) in [5.41, 5.74) is 1.39. The number of hydrogen-bond acceptors (Lipinski definition) is 7. The summed E-state index contributed by atoms with van der Waals surface area (Å²) in [6.07, 6.45) is 1.58. The third-order valence-corrected chi connectivity index (χ3v) is 6.60. The number of rotatable bonds is 6. The number of piperazine rings is 1. The highest BCUT2D eigenvalue weighted by Crippen LogP contribution is 2.32. The summed E-state index contributed by atoms with van der Waals surface area (Å²) in [5.74, 6) is -0.598. The molecule has 0 saturated carbocycles. The van der Waals surface area contributed by atoms with Crippen LogP contribution in [0, 0.1) is 5.82 Å². The van der Waals surface area contributed by atoms with Gasteiger partial charge >= 0.3 is 11.8 Å². The maximum Gasteiger partial charge on any atom is 0.407 e. The molecule has 1 fully saturated rings. The average molecular weight is 519 g/mol. The Morgan fingerprint density at radius 1 is 1.31 bits per heavy atom. The van der Waals surface area contributed by atoms with E-state index in [1.807, 2.05) is 20.8 Å². The molecule has 12 heteroatoms. The molecule has 0 radical (unpaired) electrons. The van der Waals surface area contributed by atoms with Crippen molar-refractivity contribution in [3.8, 4) is 5.69 Å². The Kier molecular flexibility index (Phi) is 7.41. The maximum absolute atomic E-state index is 14.7. The zero-order valence-corrected chi connectivity index (χ0v) is 21.0. The fourth-order valence-corrected chi connectivity index (χ4v) is 4.75. The number of fused-ring (bicyclic) bond motifs is 1. The molecule has 10 nitrogen and oxygen atoms in total. The van der Waals surface area contributed by atoms with E-state index in [0.29, 0.717) is 24.2 Å². The predicted molar refractivity (Wildman–Crippen MR) is 134 cm³/mol. The van der Waals surface area contributed by atoms with Crippen LogP contribution in [0.15, 0.2) is 23.1 Å². The van der Waals surface area contributed by atoms with Gasteiger partial charge in [-0.15, -0.1) is 0 Å². The molecule has 1 aliphatic rings. The van der Waals surface area contributed by atoms with Crippen molar-refractivity contribution >= 4 is 34.5 Å². The number of aliphatic hydroxyl groups excluding tert-OH is 1. The first-order valence-corrected chi connectivity index (χ1v) is 12.1. The minimum absolute atomic E-state index is 0.0267. The smallest absolute Gasteiger partial charge is 0.407 e. The lowest BCUT2D eigenvalue weighted by atomic mass is 10.0. The van der Waals surface area contributed by atoms with Gasteiger partial charge < -0.3 is 20.0 Å². The molecule has 4 heterocycles. The number of aromatic nitrogens is 4. The highest BCUT2D eigenvalue weighted by atomic mass is 35.5. The normalized spacial score (nSPS) is 16.2. The zero-order valence-electron chi connectivity index (χ0n) is 20.3. The topological polar surface area (TPSA) is 125 Å². The van der Waals surface area contributed by atoms with Gasteiger partial charge in [-0.2, -0.15) is 4.98 Å². The van der Waals surface area contributed by atoms with E-state index in [4.69, 9.17) is 11.6 Å². The van der Waals surface area contributed by atoms with Crippen LogP contribution in [0.2, 0.25) is 5.15 Å². The van der Waals surface area contributed by atoms with Crippen molar-refractivity contribution in [2.45, 2.75) is 45.6 Å². The molecule has 1 aliphatic heterocycles. The summed E-state index contributed by atoms with van der Waals surface area (Å²) in [4.78, 5) is 41.3. The zero-order chi connectivity index (χ0) is 26.1. The van der Waals surface area contributed by atoms with Gasteiger partial charge in [-0.1, -0.05) is 25.4 Å². The van der Waals surface area contributed by atoms with Gasteiger partial charge in [-0.25, -0.2) is 23.5 Å². The molecule has 0 aromatic carbocycles. The number of halogens is 2. The van der Waals surface area contributed by atoms with Crippen LogP contribution in [0.4, 0.5) is 15.0 Å². The van der Waals surface area contributed by atoms with Gasteiger partial charge in [0.2, 0.25) is 0 Å². The number of amides is 1. The molecule has 1 unspecified atom stereocenters. The Hall–Kier alpha value is -3.31. The van der Waals surface area contributed by atoms with E-state index in [0.717, 1.165) is 5.56 Å². The van der Waals surface area contributed by atoms with Gasteiger partial charge in [0.1, 0.15) is 5.82 Å². The van der Waals surface area contributed by atoms with Gasteiger partial charge in [0.05, 0.1) is 16.8 Å². The van der Waals surface area contributed by atoms with Crippen LogP contribution in [0.25, 0.3) is 16.7 Å². The van der Waals surface area contributed by atoms with Crippen LogP contribution in [-0.2, 0) is 6.42 Å². The van der Waals surface area contributed by atoms with E-state index in [1.165, 1.54) is 15.5 Å².